The molecule has 9 heteroatoms. The first-order valence-corrected chi connectivity index (χ1v) is 10.8. The largest absolute Gasteiger partial charge is 0.444 e. The fourth-order valence-electron chi connectivity index (χ4n) is 4.63. The van der Waals surface area contributed by atoms with E-state index >= 15 is 0 Å². The molecule has 32 heavy (non-hydrogen) atoms. The number of likely N-dealkylation sites (tertiary alicyclic amines) is 1. The summed E-state index contributed by atoms with van der Waals surface area (Å²) < 4.78 is 11.0. The SMILES string of the molecule is CC(C)(C)OC(=O)N1CC2(CCOCC2)CC1CC(=O)ON1C(=O)c2ccccc2C1=O. The van der Waals surface area contributed by atoms with Gasteiger partial charge in [-0.3, -0.25) is 9.59 Å². The molecule has 172 valence electrons. The molecule has 3 heterocycles. The van der Waals surface area contributed by atoms with E-state index in [2.05, 4.69) is 0 Å². The van der Waals surface area contributed by atoms with Crippen molar-refractivity contribution in [1.82, 2.24) is 9.96 Å². The molecule has 0 aromatic heterocycles. The van der Waals surface area contributed by atoms with Crippen molar-refractivity contribution in [3.05, 3.63) is 35.4 Å². The van der Waals surface area contributed by atoms with Crippen molar-refractivity contribution >= 4 is 23.9 Å². The number of hydrogen-bond donors (Lipinski definition) is 0. The Bertz CT molecular complexity index is 911. The highest BCUT2D eigenvalue weighted by molar-refractivity contribution is 6.20. The molecule has 1 spiro atoms. The molecule has 1 atom stereocenters. The van der Waals surface area contributed by atoms with Crippen molar-refractivity contribution in [3.63, 3.8) is 0 Å². The van der Waals surface area contributed by atoms with Gasteiger partial charge in [-0.15, -0.1) is 0 Å². The zero-order valence-electron chi connectivity index (χ0n) is 18.6. The molecule has 0 N–H and O–H groups in total. The molecule has 9 nitrogen and oxygen atoms in total. The van der Waals surface area contributed by atoms with Crippen LogP contribution in [-0.4, -0.2) is 65.2 Å². The predicted octanol–water partition coefficient (Wildman–Crippen LogP) is 2.94. The van der Waals surface area contributed by atoms with E-state index in [-0.39, 0.29) is 23.0 Å². The quantitative estimate of drug-likeness (QED) is 0.661. The van der Waals surface area contributed by atoms with Crippen molar-refractivity contribution in [2.24, 2.45) is 5.41 Å². The van der Waals surface area contributed by atoms with Crippen LogP contribution >= 0.6 is 0 Å². The maximum atomic E-state index is 12.9. The molecule has 0 saturated carbocycles. The zero-order chi connectivity index (χ0) is 23.1. The van der Waals surface area contributed by atoms with Gasteiger partial charge in [-0.2, -0.15) is 0 Å². The minimum atomic E-state index is -0.748. The van der Waals surface area contributed by atoms with Gasteiger partial charge in [0.15, 0.2) is 0 Å². The number of hydrogen-bond acceptors (Lipinski definition) is 7. The Labute approximate surface area is 186 Å². The van der Waals surface area contributed by atoms with Crippen LogP contribution in [0.3, 0.4) is 0 Å². The van der Waals surface area contributed by atoms with E-state index in [1.54, 1.807) is 37.8 Å². The monoisotopic (exact) mass is 444 g/mol. The van der Waals surface area contributed by atoms with Crippen LogP contribution in [0.5, 0.6) is 0 Å². The number of fused-ring (bicyclic) bond motifs is 1. The van der Waals surface area contributed by atoms with Gasteiger partial charge < -0.3 is 19.2 Å². The summed E-state index contributed by atoms with van der Waals surface area (Å²) in [4.78, 5) is 57.3. The number of amides is 3. The molecule has 0 bridgehead atoms. The second-order valence-electron chi connectivity index (χ2n) is 9.70. The fraction of sp³-hybridized carbons (Fsp3) is 0.565. The number of nitrogens with zero attached hydrogens (tertiary/aromatic N) is 2. The molecule has 2 fully saturated rings. The molecule has 1 unspecified atom stereocenters. The van der Waals surface area contributed by atoms with Crippen LogP contribution in [0.2, 0.25) is 0 Å². The summed E-state index contributed by atoms with van der Waals surface area (Å²) in [6, 6.07) is 5.85. The van der Waals surface area contributed by atoms with Crippen molar-refractivity contribution < 1.29 is 33.5 Å². The second kappa shape index (κ2) is 8.20. The van der Waals surface area contributed by atoms with Crippen molar-refractivity contribution in [2.45, 2.75) is 58.1 Å². The van der Waals surface area contributed by atoms with Gasteiger partial charge in [0.2, 0.25) is 0 Å². The Kier molecular flexibility index (Phi) is 5.70. The van der Waals surface area contributed by atoms with E-state index in [1.165, 1.54) is 12.1 Å². The van der Waals surface area contributed by atoms with Gasteiger partial charge in [0, 0.05) is 25.8 Å². The van der Waals surface area contributed by atoms with E-state index in [0.29, 0.717) is 31.2 Å². The number of rotatable bonds is 3. The van der Waals surface area contributed by atoms with Gasteiger partial charge in [0.05, 0.1) is 17.5 Å². The van der Waals surface area contributed by atoms with Crippen LogP contribution in [0.1, 0.15) is 67.2 Å². The molecule has 3 aliphatic heterocycles. The van der Waals surface area contributed by atoms with Crippen LogP contribution in [-0.2, 0) is 19.1 Å². The van der Waals surface area contributed by atoms with Gasteiger partial charge in [0.1, 0.15) is 5.60 Å². The summed E-state index contributed by atoms with van der Waals surface area (Å²) in [7, 11) is 0. The first-order valence-electron chi connectivity index (χ1n) is 10.8. The summed E-state index contributed by atoms with van der Waals surface area (Å²) >= 11 is 0. The van der Waals surface area contributed by atoms with E-state index in [0.717, 1.165) is 12.8 Å². The standard InChI is InChI=1S/C23H28N2O7/c1-22(2,3)31-21(29)24-14-23(8-10-30-11-9-23)13-15(24)12-18(26)32-25-19(27)16-6-4-5-7-17(16)20(25)28/h4-7,15H,8-14H2,1-3H3. The molecule has 4 rings (SSSR count). The van der Waals surface area contributed by atoms with Gasteiger partial charge in [-0.05, 0) is 57.6 Å². The summed E-state index contributed by atoms with van der Waals surface area (Å²) in [5, 5.41) is 0.504. The minimum Gasteiger partial charge on any atom is -0.444 e. The van der Waals surface area contributed by atoms with Crippen molar-refractivity contribution in [3.8, 4) is 0 Å². The third kappa shape index (κ3) is 4.34. The second-order valence-corrected chi connectivity index (χ2v) is 9.70. The summed E-state index contributed by atoms with van der Waals surface area (Å²) in [6.07, 6.45) is 1.55. The Morgan fingerprint density at radius 3 is 2.25 bits per heavy atom. The number of ether oxygens (including phenoxy) is 2. The highest BCUT2D eigenvalue weighted by Gasteiger charge is 2.49. The average Bonchev–Trinajstić information content (AvgIpc) is 3.18. The summed E-state index contributed by atoms with van der Waals surface area (Å²) in [5.74, 6) is -2.09. The minimum absolute atomic E-state index is 0.143. The number of imide groups is 1. The third-order valence-corrected chi connectivity index (χ3v) is 6.15. The maximum absolute atomic E-state index is 12.9. The lowest BCUT2D eigenvalue weighted by Gasteiger charge is -2.33. The Morgan fingerprint density at radius 2 is 1.69 bits per heavy atom. The van der Waals surface area contributed by atoms with Crippen LogP contribution in [0.15, 0.2) is 24.3 Å². The van der Waals surface area contributed by atoms with E-state index in [4.69, 9.17) is 14.3 Å². The van der Waals surface area contributed by atoms with E-state index in [1.807, 2.05) is 0 Å². The molecule has 1 aromatic rings. The molecule has 0 aliphatic carbocycles. The number of hydroxylamine groups is 2. The van der Waals surface area contributed by atoms with E-state index < -0.39 is 35.5 Å². The highest BCUT2D eigenvalue weighted by Crippen LogP contribution is 2.44. The highest BCUT2D eigenvalue weighted by atomic mass is 16.7. The molecular weight excluding hydrogens is 416 g/mol. The van der Waals surface area contributed by atoms with Crippen LogP contribution in [0, 0.1) is 5.41 Å². The Hall–Kier alpha value is -2.94. The first kappa shape index (κ1) is 22.3. The average molecular weight is 444 g/mol. The molecule has 3 aliphatic rings. The number of benzene rings is 1. The van der Waals surface area contributed by atoms with Gasteiger partial charge in [0.25, 0.3) is 11.8 Å². The summed E-state index contributed by atoms with van der Waals surface area (Å²) in [6.45, 7) is 7.04. The van der Waals surface area contributed by atoms with Crippen LogP contribution in [0.4, 0.5) is 4.79 Å². The van der Waals surface area contributed by atoms with Gasteiger partial charge in [-0.25, -0.2) is 9.59 Å². The maximum Gasteiger partial charge on any atom is 0.410 e. The predicted molar refractivity (Wildman–Crippen MR) is 111 cm³/mol. The molecule has 2 saturated heterocycles. The lowest BCUT2D eigenvalue weighted by atomic mass is 9.78. The fourth-order valence-corrected chi connectivity index (χ4v) is 4.63. The van der Waals surface area contributed by atoms with Gasteiger partial charge >= 0.3 is 12.1 Å². The summed E-state index contributed by atoms with van der Waals surface area (Å²) in [5.41, 5.74) is -0.422. The molecule has 0 radical (unpaired) electrons. The van der Waals surface area contributed by atoms with E-state index in [9.17, 15) is 19.2 Å². The topological polar surface area (TPSA) is 102 Å². The lowest BCUT2D eigenvalue weighted by molar-refractivity contribution is -0.169. The normalized spacial score (nSPS) is 22.3. The van der Waals surface area contributed by atoms with Gasteiger partial charge in [-0.1, -0.05) is 17.2 Å². The lowest BCUT2D eigenvalue weighted by Crippen LogP contribution is -2.42. The van der Waals surface area contributed by atoms with Crippen LogP contribution < -0.4 is 0 Å². The molecule has 1 aromatic carbocycles. The number of carbonyl (C=O) groups is 4. The van der Waals surface area contributed by atoms with Crippen molar-refractivity contribution in [1.29, 1.82) is 0 Å². The first-order chi connectivity index (χ1) is 15.1. The Morgan fingerprint density at radius 1 is 1.09 bits per heavy atom. The smallest absolute Gasteiger partial charge is 0.410 e. The number of carbonyl (C=O) groups excluding carboxylic acids is 4. The van der Waals surface area contributed by atoms with Crippen molar-refractivity contribution in [2.75, 3.05) is 19.8 Å². The zero-order valence-corrected chi connectivity index (χ0v) is 18.6. The molecule has 3 amide bonds. The molecular formula is C23H28N2O7. The third-order valence-electron chi connectivity index (χ3n) is 6.15. The van der Waals surface area contributed by atoms with Crippen LogP contribution in [0.25, 0.3) is 0 Å². The Balaban J connectivity index is 1.47.